The van der Waals surface area contributed by atoms with Crippen molar-refractivity contribution in [3.05, 3.63) is 0 Å². The van der Waals surface area contributed by atoms with Gasteiger partial charge in [0.05, 0.1) is 5.75 Å². The lowest BCUT2D eigenvalue weighted by atomic mass is 9.96. The summed E-state index contributed by atoms with van der Waals surface area (Å²) in [5.74, 6) is -1.05. The van der Waals surface area contributed by atoms with Gasteiger partial charge >= 0.3 is 5.97 Å². The molecule has 0 aromatic rings. The molecule has 1 rings (SSSR count). The zero-order valence-corrected chi connectivity index (χ0v) is 12.2. The van der Waals surface area contributed by atoms with Crippen molar-refractivity contribution in [1.82, 2.24) is 4.72 Å². The molecular formula is C11H21NO4S2. The SMILES string of the molecule is CSC1CCCCC1NS(=O)(=O)CCCC(=O)O. The lowest BCUT2D eigenvalue weighted by molar-refractivity contribution is -0.137. The topological polar surface area (TPSA) is 83.5 Å². The molecule has 0 aliphatic heterocycles. The molecular weight excluding hydrogens is 274 g/mol. The molecule has 2 N–H and O–H groups in total. The van der Waals surface area contributed by atoms with Crippen LogP contribution in [0.3, 0.4) is 0 Å². The molecule has 1 aliphatic carbocycles. The zero-order chi connectivity index (χ0) is 13.6. The predicted molar refractivity (Wildman–Crippen MR) is 73.4 cm³/mol. The molecule has 0 spiro atoms. The highest BCUT2D eigenvalue weighted by Crippen LogP contribution is 2.27. The first-order valence-electron chi connectivity index (χ1n) is 6.19. The Bertz CT molecular complexity index is 369. The number of hydrogen-bond donors (Lipinski definition) is 2. The van der Waals surface area contributed by atoms with Crippen molar-refractivity contribution in [3.8, 4) is 0 Å². The average Bonchev–Trinajstić information content (AvgIpc) is 2.28. The second-order valence-electron chi connectivity index (χ2n) is 4.60. The van der Waals surface area contributed by atoms with E-state index >= 15 is 0 Å². The molecule has 0 aromatic carbocycles. The number of nitrogens with one attached hydrogen (secondary N) is 1. The lowest BCUT2D eigenvalue weighted by Crippen LogP contribution is -2.44. The quantitative estimate of drug-likeness (QED) is 0.742. The van der Waals surface area contributed by atoms with Crippen LogP contribution in [0.1, 0.15) is 38.5 Å². The van der Waals surface area contributed by atoms with Crippen molar-refractivity contribution in [2.75, 3.05) is 12.0 Å². The van der Waals surface area contributed by atoms with E-state index < -0.39 is 16.0 Å². The van der Waals surface area contributed by atoms with E-state index in [2.05, 4.69) is 4.72 Å². The Balaban J connectivity index is 2.45. The van der Waals surface area contributed by atoms with Gasteiger partial charge in [0.15, 0.2) is 0 Å². The van der Waals surface area contributed by atoms with Gasteiger partial charge in [-0.25, -0.2) is 13.1 Å². The molecule has 1 aliphatic rings. The third-order valence-corrected chi connectivity index (χ3v) is 5.80. The van der Waals surface area contributed by atoms with E-state index in [0.717, 1.165) is 25.7 Å². The first-order valence-corrected chi connectivity index (χ1v) is 9.13. The number of sulfonamides is 1. The number of aliphatic carboxylic acids is 1. The van der Waals surface area contributed by atoms with Gasteiger partial charge in [-0.2, -0.15) is 11.8 Å². The minimum Gasteiger partial charge on any atom is -0.481 e. The maximum absolute atomic E-state index is 11.8. The summed E-state index contributed by atoms with van der Waals surface area (Å²) in [5.41, 5.74) is 0. The van der Waals surface area contributed by atoms with Gasteiger partial charge in [-0.05, 0) is 25.5 Å². The molecule has 0 bridgehead atoms. The molecule has 0 amide bonds. The average molecular weight is 295 g/mol. The van der Waals surface area contributed by atoms with E-state index in [0.29, 0.717) is 5.25 Å². The van der Waals surface area contributed by atoms with Crippen LogP contribution in [-0.2, 0) is 14.8 Å². The summed E-state index contributed by atoms with van der Waals surface area (Å²) in [6, 6.07) is 0.00331. The van der Waals surface area contributed by atoms with E-state index in [-0.39, 0.29) is 24.6 Å². The van der Waals surface area contributed by atoms with Crippen LogP contribution in [0, 0.1) is 0 Å². The van der Waals surface area contributed by atoms with E-state index in [4.69, 9.17) is 5.11 Å². The molecule has 0 saturated heterocycles. The number of carboxylic acid groups (broad SMARTS) is 1. The molecule has 5 nitrogen and oxygen atoms in total. The van der Waals surface area contributed by atoms with Gasteiger partial charge in [0, 0.05) is 17.7 Å². The highest BCUT2D eigenvalue weighted by atomic mass is 32.2. The molecule has 2 atom stereocenters. The van der Waals surface area contributed by atoms with E-state index in [1.165, 1.54) is 0 Å². The summed E-state index contributed by atoms with van der Waals surface area (Å²) in [6.07, 6.45) is 6.20. The highest BCUT2D eigenvalue weighted by molar-refractivity contribution is 7.99. The summed E-state index contributed by atoms with van der Waals surface area (Å²) in [5, 5.41) is 8.83. The summed E-state index contributed by atoms with van der Waals surface area (Å²) in [4.78, 5) is 10.4. The number of rotatable bonds is 7. The minimum absolute atomic E-state index is 0.00331. The van der Waals surface area contributed by atoms with E-state index in [1.807, 2.05) is 6.26 Å². The second kappa shape index (κ2) is 7.35. The fraction of sp³-hybridized carbons (Fsp3) is 0.909. The van der Waals surface area contributed by atoms with Crippen LogP contribution in [0.2, 0.25) is 0 Å². The van der Waals surface area contributed by atoms with Crippen LogP contribution >= 0.6 is 11.8 Å². The van der Waals surface area contributed by atoms with Crippen molar-refractivity contribution >= 4 is 27.8 Å². The molecule has 18 heavy (non-hydrogen) atoms. The third kappa shape index (κ3) is 5.58. The van der Waals surface area contributed by atoms with Crippen LogP contribution in [0.15, 0.2) is 0 Å². The fourth-order valence-corrected chi connectivity index (χ4v) is 4.62. The molecule has 106 valence electrons. The summed E-state index contributed by atoms with van der Waals surface area (Å²) < 4.78 is 26.4. The molecule has 1 fully saturated rings. The van der Waals surface area contributed by atoms with Crippen molar-refractivity contribution in [2.45, 2.75) is 49.8 Å². The first kappa shape index (κ1) is 15.8. The lowest BCUT2D eigenvalue weighted by Gasteiger charge is -2.30. The van der Waals surface area contributed by atoms with Crippen LogP contribution < -0.4 is 4.72 Å². The number of hydrogen-bond acceptors (Lipinski definition) is 4. The van der Waals surface area contributed by atoms with Crippen LogP contribution in [0.25, 0.3) is 0 Å². The van der Waals surface area contributed by atoms with Gasteiger partial charge in [0.1, 0.15) is 0 Å². The Morgan fingerprint density at radius 3 is 2.67 bits per heavy atom. The van der Waals surface area contributed by atoms with Gasteiger partial charge in [-0.1, -0.05) is 12.8 Å². The molecule has 2 unspecified atom stereocenters. The Morgan fingerprint density at radius 2 is 2.06 bits per heavy atom. The molecule has 1 saturated carbocycles. The maximum Gasteiger partial charge on any atom is 0.303 e. The van der Waals surface area contributed by atoms with Gasteiger partial charge in [-0.3, -0.25) is 4.79 Å². The smallest absolute Gasteiger partial charge is 0.303 e. The molecule has 7 heteroatoms. The third-order valence-electron chi connectivity index (χ3n) is 3.14. The minimum atomic E-state index is -3.35. The van der Waals surface area contributed by atoms with Crippen LogP contribution in [0.4, 0.5) is 0 Å². The Labute approximate surface area is 113 Å². The summed E-state index contributed by atoms with van der Waals surface area (Å²) >= 11 is 1.70. The van der Waals surface area contributed by atoms with E-state index in [1.54, 1.807) is 11.8 Å². The Hall–Kier alpha value is -0.270. The van der Waals surface area contributed by atoms with Crippen molar-refractivity contribution in [3.63, 3.8) is 0 Å². The monoisotopic (exact) mass is 295 g/mol. The fourth-order valence-electron chi connectivity index (χ4n) is 2.22. The first-order chi connectivity index (χ1) is 8.44. The predicted octanol–water partition coefficient (Wildman–Crippen LogP) is 1.44. The molecule has 0 aromatic heterocycles. The van der Waals surface area contributed by atoms with Gasteiger partial charge in [0.25, 0.3) is 0 Å². The van der Waals surface area contributed by atoms with Crippen LogP contribution in [0.5, 0.6) is 0 Å². The highest BCUT2D eigenvalue weighted by Gasteiger charge is 2.27. The van der Waals surface area contributed by atoms with Crippen molar-refractivity contribution in [1.29, 1.82) is 0 Å². The molecule has 0 heterocycles. The van der Waals surface area contributed by atoms with Crippen molar-refractivity contribution in [2.24, 2.45) is 0 Å². The number of thioether (sulfide) groups is 1. The number of carbonyl (C=O) groups is 1. The largest absolute Gasteiger partial charge is 0.481 e. The van der Waals surface area contributed by atoms with Gasteiger partial charge in [-0.15, -0.1) is 0 Å². The number of carboxylic acids is 1. The Kier molecular flexibility index (Phi) is 6.45. The normalized spacial score (nSPS) is 24.9. The van der Waals surface area contributed by atoms with Gasteiger partial charge < -0.3 is 5.11 Å². The standard InChI is InChI=1S/C11H21NO4S2/c1-17-10-6-3-2-5-9(10)12-18(15,16)8-4-7-11(13)14/h9-10,12H,2-8H2,1H3,(H,13,14). The zero-order valence-electron chi connectivity index (χ0n) is 10.6. The summed E-state index contributed by atoms with van der Waals surface area (Å²) in [6.45, 7) is 0. The Morgan fingerprint density at radius 1 is 1.39 bits per heavy atom. The maximum atomic E-state index is 11.8. The van der Waals surface area contributed by atoms with E-state index in [9.17, 15) is 13.2 Å². The molecule has 0 radical (unpaired) electrons. The summed E-state index contributed by atoms with van der Waals surface area (Å²) in [7, 11) is -3.35. The van der Waals surface area contributed by atoms with Gasteiger partial charge in [0.2, 0.25) is 10.0 Å². The second-order valence-corrected chi connectivity index (χ2v) is 7.55. The van der Waals surface area contributed by atoms with Crippen molar-refractivity contribution < 1.29 is 18.3 Å². The van der Waals surface area contributed by atoms with Crippen LogP contribution in [-0.4, -0.2) is 42.8 Å².